The molecule has 2 unspecified atom stereocenters. The average molecular weight is 1540 g/mol. The third-order valence-corrected chi connectivity index (χ3v) is 16.9. The standard InChI is InChI=1S/2C28H20.2C14H18N2.2ClH.2Co.2Pd/c2*1-5-13-21(14-6-1)25-26(22-15-7-2-8-16-22)28(24-19-11-4-12-20-24)27(25)23-17-9-3-10-18-23;2*1-11(14(2,3)4)16-10-9-15-13(16)12-7-5-6-8-12;;;;;;/h2*1-20H;2*5-7,9-11H,1-4H3;2*1H;;;;/q;;2*-2;;;;;2*+2/p-2. The van der Waals surface area contributed by atoms with Crippen LogP contribution in [0.5, 0.6) is 0 Å². The van der Waals surface area contributed by atoms with Crippen molar-refractivity contribution in [3.63, 3.8) is 0 Å². The Kier molecular flexibility index (Phi) is 28.4. The van der Waals surface area contributed by atoms with Gasteiger partial charge in [-0.1, -0.05) is 284 Å². The van der Waals surface area contributed by atoms with Gasteiger partial charge in [0.15, 0.2) is 0 Å². The van der Waals surface area contributed by atoms with Gasteiger partial charge in [0.1, 0.15) is 0 Å². The van der Waals surface area contributed by atoms with Crippen LogP contribution in [-0.2, 0) is 69.9 Å². The predicted molar refractivity (Wildman–Crippen MR) is 379 cm³/mol. The monoisotopic (exact) mass is 1540 g/mol. The van der Waals surface area contributed by atoms with Crippen LogP contribution in [0.1, 0.15) is 112 Å². The molecule has 2 heterocycles. The molecule has 0 saturated carbocycles. The molecule has 2 radical (unpaired) electrons. The van der Waals surface area contributed by atoms with Crippen LogP contribution in [0.25, 0.3) is 67.4 Å². The normalized spacial score (nSPS) is 12.9. The second-order valence-corrected chi connectivity index (χ2v) is 24.5. The van der Waals surface area contributed by atoms with Gasteiger partial charge in [0.2, 0.25) is 0 Å². The number of aromatic nitrogens is 4. The Morgan fingerprint density at radius 3 is 0.670 bits per heavy atom. The molecule has 0 bridgehead atoms. The SMILES string of the molecule is CC([n+]1ccn[c-]1-c1[c-]cc[cH-]1)C(C)(C)C.CC([n+]1ccn[c-]1-c1[c-]cc[cH-]1)C(C)(C)C.[Cl][Pd+].[Cl][Pd+].[Co].[Co].c1ccc(C2=C(c3ccccc3)C(c3ccccc3)=C2c2ccccc2)cc1.c1ccc(C2=C(c3ccccc3)C(c3ccccc3)=C2c2ccccc2)cc1. The van der Waals surface area contributed by atoms with Gasteiger partial charge in [-0.15, -0.1) is 24.8 Å². The first-order chi connectivity index (χ1) is 44.9. The van der Waals surface area contributed by atoms with Crippen molar-refractivity contribution in [1.29, 1.82) is 0 Å². The zero-order valence-corrected chi connectivity index (χ0v) is 60.6. The Morgan fingerprint density at radius 2 is 0.521 bits per heavy atom. The summed E-state index contributed by atoms with van der Waals surface area (Å²) in [6, 6.07) is 105. The minimum atomic E-state index is 0. The number of hydrogen-bond acceptors (Lipinski definition) is 2. The summed E-state index contributed by atoms with van der Waals surface area (Å²) >= 11 is 4.44. The summed E-state index contributed by atoms with van der Waals surface area (Å²) in [6.45, 7) is 17.9. The third-order valence-electron chi connectivity index (χ3n) is 16.9. The number of rotatable bonds is 12. The second-order valence-electron chi connectivity index (χ2n) is 24.5. The fraction of sp³-hybridized carbons (Fsp3) is 0.143. The van der Waals surface area contributed by atoms with Crippen molar-refractivity contribution >= 4 is 63.6 Å². The van der Waals surface area contributed by atoms with Crippen molar-refractivity contribution in [3.8, 4) is 22.8 Å². The van der Waals surface area contributed by atoms with Crippen LogP contribution in [0.3, 0.4) is 0 Å². The Labute approximate surface area is 608 Å². The second kappa shape index (κ2) is 36.0. The van der Waals surface area contributed by atoms with Crippen molar-refractivity contribution in [2.45, 2.75) is 67.5 Å². The molecule has 4 nitrogen and oxygen atoms in total. The molecule has 0 spiro atoms. The average Bonchev–Trinajstić information content (AvgIpc) is 1.25. The summed E-state index contributed by atoms with van der Waals surface area (Å²) in [5.41, 5.74) is 23.3. The Morgan fingerprint density at radius 1 is 0.340 bits per heavy atom. The fourth-order valence-corrected chi connectivity index (χ4v) is 11.5. The van der Waals surface area contributed by atoms with Crippen LogP contribution in [0, 0.1) is 23.0 Å². The van der Waals surface area contributed by atoms with Gasteiger partial charge in [-0.25, -0.2) is 11.1 Å². The maximum absolute atomic E-state index is 4.49. The number of hydrogen-bond donors (Lipinski definition) is 0. The van der Waals surface area contributed by atoms with E-state index in [0.29, 0.717) is 12.1 Å². The van der Waals surface area contributed by atoms with E-state index in [9.17, 15) is 0 Å². The summed E-state index contributed by atoms with van der Waals surface area (Å²) in [5.74, 6) is 2.01. The van der Waals surface area contributed by atoms with E-state index in [-0.39, 0.29) is 44.4 Å². The zero-order chi connectivity index (χ0) is 65.0. The van der Waals surface area contributed by atoms with Crippen molar-refractivity contribution in [2.75, 3.05) is 0 Å². The van der Waals surface area contributed by atoms with E-state index >= 15 is 0 Å². The number of allylic oxidation sites excluding steroid dienone is 8. The van der Waals surface area contributed by atoms with Gasteiger partial charge in [0.05, 0.1) is 23.7 Å². The fourth-order valence-electron chi connectivity index (χ4n) is 11.5. The largest absolute Gasteiger partial charge is 0.0622 e. The van der Waals surface area contributed by atoms with Gasteiger partial charge in [-0.2, -0.15) is 24.3 Å². The molecule has 2 aromatic heterocycles. The Balaban J connectivity index is 0.000000178. The van der Waals surface area contributed by atoms with Crippen molar-refractivity contribution in [2.24, 2.45) is 10.8 Å². The summed E-state index contributed by atoms with van der Waals surface area (Å²) in [6.07, 6.45) is 7.81. The molecule has 0 amide bonds. The van der Waals surface area contributed by atoms with E-state index in [1.165, 1.54) is 89.1 Å². The van der Waals surface area contributed by atoms with E-state index in [0.717, 1.165) is 22.8 Å². The number of nitrogens with zero attached hydrogens (tertiary/aromatic N) is 4. The molecular weight excluding hydrogens is 1470 g/mol. The molecule has 486 valence electrons. The van der Waals surface area contributed by atoms with Gasteiger partial charge < -0.3 is 21.3 Å². The summed E-state index contributed by atoms with van der Waals surface area (Å²) in [7, 11) is 8.98. The molecule has 14 rings (SSSR count). The van der Waals surface area contributed by atoms with Crippen molar-refractivity contribution in [3.05, 3.63) is 360 Å². The first-order valence-corrected chi connectivity index (χ1v) is 34.9. The molecule has 10 heteroatoms. The van der Waals surface area contributed by atoms with E-state index in [2.05, 4.69) is 385 Å². The number of halogens is 2. The number of imidazole rings is 2. The first kappa shape index (κ1) is 74.2. The minimum Gasteiger partial charge on any atom is -0.0622 e. The molecule has 2 aliphatic carbocycles. The summed E-state index contributed by atoms with van der Waals surface area (Å²) in [5, 5.41) is 0. The van der Waals surface area contributed by atoms with Crippen LogP contribution in [0.15, 0.2) is 304 Å². The maximum atomic E-state index is 4.49. The van der Waals surface area contributed by atoms with Gasteiger partial charge >= 0.3 is 55.4 Å². The predicted octanol–water partition coefficient (Wildman–Crippen LogP) is 21.6. The molecule has 0 N–H and O–H groups in total. The van der Waals surface area contributed by atoms with Crippen LogP contribution in [0.2, 0.25) is 0 Å². The molecule has 2 atom stereocenters. The zero-order valence-electron chi connectivity index (χ0n) is 53.9. The molecule has 2 aliphatic rings. The maximum Gasteiger partial charge on any atom is 0 e. The van der Waals surface area contributed by atoms with Gasteiger partial charge in [0.25, 0.3) is 0 Å². The molecule has 0 fully saturated rings. The molecule has 10 aromatic carbocycles. The van der Waals surface area contributed by atoms with E-state index in [4.69, 9.17) is 0 Å². The summed E-state index contributed by atoms with van der Waals surface area (Å²) in [4.78, 5) is 8.85. The van der Waals surface area contributed by atoms with Crippen molar-refractivity contribution in [1.82, 2.24) is 9.97 Å². The topological polar surface area (TPSA) is 33.5 Å². The summed E-state index contributed by atoms with van der Waals surface area (Å²) < 4.78 is 4.46. The Bertz CT molecular complexity index is 3620. The van der Waals surface area contributed by atoms with E-state index in [1.54, 1.807) is 0 Å². The quantitative estimate of drug-likeness (QED) is 0.0694. The van der Waals surface area contributed by atoms with E-state index < -0.39 is 0 Å². The molecule has 0 saturated heterocycles. The van der Waals surface area contributed by atoms with Crippen LogP contribution in [0.4, 0.5) is 0 Å². The molecular formula is C84H76Cl2Co2N4Pd2-2. The Hall–Kier alpha value is -7.24. The molecule has 0 aliphatic heterocycles. The van der Waals surface area contributed by atoms with Gasteiger partial charge in [0, 0.05) is 33.6 Å². The first-order valence-electron chi connectivity index (χ1n) is 30.9. The molecule has 12 aromatic rings. The van der Waals surface area contributed by atoms with Crippen LogP contribution < -0.4 is 9.13 Å². The number of benzene rings is 8. The van der Waals surface area contributed by atoms with E-state index in [1.807, 2.05) is 61.2 Å². The minimum absolute atomic E-state index is 0. The van der Waals surface area contributed by atoms with Crippen molar-refractivity contribution < 1.29 is 79.1 Å². The molecule has 94 heavy (non-hydrogen) atoms. The van der Waals surface area contributed by atoms with Gasteiger partial charge in [-0.3, -0.25) is 22.1 Å². The smallest absolute Gasteiger partial charge is 0 e. The third kappa shape index (κ3) is 17.8. The van der Waals surface area contributed by atoms with Crippen LogP contribution >= 0.6 is 19.1 Å². The van der Waals surface area contributed by atoms with Crippen LogP contribution in [-0.4, -0.2) is 9.97 Å². The van der Waals surface area contributed by atoms with Gasteiger partial charge in [-0.05, 0) is 114 Å².